The molecule has 0 spiro atoms. The molecule has 10 nitrogen and oxygen atoms in total. The number of aromatic nitrogens is 1. The van der Waals surface area contributed by atoms with Gasteiger partial charge in [-0.05, 0) is 105 Å². The van der Waals surface area contributed by atoms with E-state index in [4.69, 9.17) is 15.6 Å². The number of aliphatic hydroxyl groups is 1. The number of ether oxygens (including phenoxy) is 1. The largest absolute Gasteiger partial charge is 0.396 e. The van der Waals surface area contributed by atoms with Crippen LogP contribution in [-0.4, -0.2) is 72.9 Å². The van der Waals surface area contributed by atoms with Gasteiger partial charge in [0.1, 0.15) is 16.6 Å². The average Bonchev–Trinajstić information content (AvgIpc) is 3.20. The van der Waals surface area contributed by atoms with Gasteiger partial charge in [0.2, 0.25) is 5.91 Å². The van der Waals surface area contributed by atoms with Crippen LogP contribution >= 0.6 is 21.6 Å². The van der Waals surface area contributed by atoms with E-state index in [0.717, 1.165) is 22.6 Å². The van der Waals surface area contributed by atoms with Crippen molar-refractivity contribution in [2.45, 2.75) is 81.9 Å². The Morgan fingerprint density at radius 2 is 1.52 bits per heavy atom. The number of nitrogens with zero attached hydrogens (tertiary/aromatic N) is 1. The van der Waals surface area contributed by atoms with E-state index in [1.54, 1.807) is 27.8 Å². The van der Waals surface area contributed by atoms with Crippen molar-refractivity contribution in [1.82, 2.24) is 15.6 Å². The first kappa shape index (κ1) is 44.8. The van der Waals surface area contributed by atoms with Gasteiger partial charge in [-0.25, -0.2) is 4.98 Å². The first-order valence-electron chi connectivity index (χ1n) is 19.1. The number of aliphatic hydroxyl groups excluding tert-OH is 1. The zero-order valence-corrected chi connectivity index (χ0v) is 33.4. The third kappa shape index (κ3) is 16.9. The molecular weight excluding hydrogens is 721 g/mol. The summed E-state index contributed by atoms with van der Waals surface area (Å²) < 4.78 is 5.47. The van der Waals surface area contributed by atoms with Crippen LogP contribution in [0.3, 0.4) is 0 Å². The number of carbonyl (C=O) groups excluding carboxylic acids is 4. The van der Waals surface area contributed by atoms with Gasteiger partial charge in [-0.1, -0.05) is 66.2 Å². The number of hydrogen-bond donors (Lipinski definition) is 4. The van der Waals surface area contributed by atoms with Gasteiger partial charge in [-0.15, -0.1) is 0 Å². The first-order chi connectivity index (χ1) is 26.2. The lowest BCUT2D eigenvalue weighted by Gasteiger charge is -2.22. The quantitative estimate of drug-likeness (QED) is 0.0458. The average molecular weight is 779 g/mol. The van der Waals surface area contributed by atoms with E-state index in [1.165, 1.54) is 0 Å². The van der Waals surface area contributed by atoms with Gasteiger partial charge < -0.3 is 26.2 Å². The van der Waals surface area contributed by atoms with Crippen LogP contribution in [0.25, 0.3) is 0 Å². The predicted octanol–water partition coefficient (Wildman–Crippen LogP) is 6.77. The topological polar surface area (TPSA) is 161 Å². The summed E-state index contributed by atoms with van der Waals surface area (Å²) in [5.74, 6) is -1.86. The van der Waals surface area contributed by atoms with Gasteiger partial charge in [0, 0.05) is 73.9 Å². The van der Waals surface area contributed by atoms with Crippen LogP contribution in [0.2, 0.25) is 0 Å². The maximum atomic E-state index is 14.0. The van der Waals surface area contributed by atoms with E-state index in [0.29, 0.717) is 63.8 Å². The van der Waals surface area contributed by atoms with E-state index >= 15 is 0 Å². The third-order valence-corrected chi connectivity index (χ3v) is 12.1. The molecule has 12 heteroatoms. The SMILES string of the molecule is CCC(CCCN)C(=O)CC(Cc1ccccc1)C(=O)CC(CCCNC(=O)c1ccc(C(C)SSc2ccccn2)cc1)C(=O)NCCOCCCO. The van der Waals surface area contributed by atoms with Crippen molar-refractivity contribution in [3.63, 3.8) is 0 Å². The highest BCUT2D eigenvalue weighted by Crippen LogP contribution is 2.41. The summed E-state index contributed by atoms with van der Waals surface area (Å²) in [6.45, 7) is 5.92. The molecule has 0 fully saturated rings. The van der Waals surface area contributed by atoms with Crippen molar-refractivity contribution in [2.75, 3.05) is 39.5 Å². The molecule has 0 aliphatic carbocycles. The normalized spacial score (nSPS) is 13.4. The van der Waals surface area contributed by atoms with Crippen molar-refractivity contribution < 1.29 is 29.0 Å². The summed E-state index contributed by atoms with van der Waals surface area (Å²) >= 11 is 0. The van der Waals surface area contributed by atoms with Crippen LogP contribution in [0.5, 0.6) is 0 Å². The number of benzene rings is 2. The molecule has 54 heavy (non-hydrogen) atoms. The fourth-order valence-corrected chi connectivity index (χ4v) is 8.20. The Hall–Kier alpha value is -3.55. The first-order valence-corrected chi connectivity index (χ1v) is 21.3. The molecule has 0 bridgehead atoms. The lowest BCUT2D eigenvalue weighted by Crippen LogP contribution is -2.36. The second-order valence-corrected chi connectivity index (χ2v) is 16.0. The number of pyridine rings is 1. The fourth-order valence-electron chi connectivity index (χ4n) is 6.09. The van der Waals surface area contributed by atoms with Gasteiger partial charge in [0.05, 0.1) is 6.61 Å². The Balaban J connectivity index is 1.62. The van der Waals surface area contributed by atoms with E-state index < -0.39 is 11.8 Å². The number of ketones is 2. The van der Waals surface area contributed by atoms with Crippen LogP contribution in [0.1, 0.15) is 91.9 Å². The van der Waals surface area contributed by atoms with Gasteiger partial charge >= 0.3 is 0 Å². The molecular formula is C42H58N4O6S2. The lowest BCUT2D eigenvalue weighted by atomic mass is 9.81. The van der Waals surface area contributed by atoms with Gasteiger partial charge in [0.25, 0.3) is 5.91 Å². The van der Waals surface area contributed by atoms with Crippen molar-refractivity contribution >= 4 is 45.0 Å². The molecule has 3 aromatic rings. The van der Waals surface area contributed by atoms with Crippen molar-refractivity contribution in [2.24, 2.45) is 23.5 Å². The van der Waals surface area contributed by atoms with E-state index in [9.17, 15) is 19.2 Å². The number of nitrogens with two attached hydrogens (primary N) is 1. The monoisotopic (exact) mass is 778 g/mol. The molecule has 0 aliphatic rings. The molecule has 2 amide bonds. The van der Waals surface area contributed by atoms with Crippen LogP contribution < -0.4 is 16.4 Å². The molecule has 2 aromatic carbocycles. The van der Waals surface area contributed by atoms with Crippen molar-refractivity contribution in [1.29, 1.82) is 0 Å². The van der Waals surface area contributed by atoms with Crippen molar-refractivity contribution in [3.05, 3.63) is 95.7 Å². The molecule has 3 rings (SSSR count). The molecule has 0 saturated heterocycles. The molecule has 0 radical (unpaired) electrons. The third-order valence-electron chi connectivity index (χ3n) is 9.32. The summed E-state index contributed by atoms with van der Waals surface area (Å²) in [4.78, 5) is 58.3. The molecule has 4 atom stereocenters. The Morgan fingerprint density at radius 1 is 0.815 bits per heavy atom. The van der Waals surface area contributed by atoms with Crippen LogP contribution in [0.15, 0.2) is 84.0 Å². The zero-order valence-electron chi connectivity index (χ0n) is 31.8. The lowest BCUT2D eigenvalue weighted by molar-refractivity contribution is -0.133. The van der Waals surface area contributed by atoms with E-state index in [1.807, 2.05) is 79.7 Å². The molecule has 1 aromatic heterocycles. The maximum absolute atomic E-state index is 14.0. The minimum atomic E-state index is -0.637. The van der Waals surface area contributed by atoms with E-state index in [2.05, 4.69) is 22.5 Å². The van der Waals surface area contributed by atoms with Crippen LogP contribution in [0, 0.1) is 17.8 Å². The van der Waals surface area contributed by atoms with Crippen LogP contribution in [-0.2, 0) is 25.5 Å². The molecule has 0 saturated carbocycles. The molecule has 294 valence electrons. The second kappa shape index (κ2) is 26.3. The minimum Gasteiger partial charge on any atom is -0.396 e. The summed E-state index contributed by atoms with van der Waals surface area (Å²) in [6.07, 6.45) is 5.82. The second-order valence-electron chi connectivity index (χ2n) is 13.5. The molecule has 0 aliphatic heterocycles. The highest BCUT2D eigenvalue weighted by molar-refractivity contribution is 8.76. The molecule has 4 unspecified atom stereocenters. The number of amides is 2. The Bertz CT molecular complexity index is 1530. The van der Waals surface area contributed by atoms with Crippen molar-refractivity contribution in [3.8, 4) is 0 Å². The highest BCUT2D eigenvalue weighted by atomic mass is 33.1. The summed E-state index contributed by atoms with van der Waals surface area (Å²) in [5, 5.41) is 16.0. The van der Waals surface area contributed by atoms with Crippen LogP contribution in [0.4, 0.5) is 0 Å². The van der Waals surface area contributed by atoms with Gasteiger partial charge in [-0.2, -0.15) is 0 Å². The van der Waals surface area contributed by atoms with E-state index in [-0.39, 0.29) is 67.1 Å². The Labute approximate surface area is 329 Å². The maximum Gasteiger partial charge on any atom is 0.251 e. The fraction of sp³-hybridized carbons (Fsp3) is 0.500. The number of nitrogens with one attached hydrogen (secondary N) is 2. The summed E-state index contributed by atoms with van der Waals surface area (Å²) in [6, 6.07) is 23.0. The standard InChI is InChI=1S/C42H58N4O6S2/c1-3-33(14-9-21-43)38(48)30-37(28-32-12-5-4-6-13-32)39(49)29-36(42(51)46-24-27-52-26-11-25-47)15-10-23-45-41(50)35-19-17-34(18-20-35)31(2)53-54-40-16-7-8-22-44-40/h4-8,12-13,16-20,22,31,33,36-37,47H,3,9-11,14-15,21,23-30,43H2,1-2H3,(H,45,50)(H,46,51). The summed E-state index contributed by atoms with van der Waals surface area (Å²) in [5.41, 5.74) is 8.33. The molecule has 1 heterocycles. The van der Waals surface area contributed by atoms with Gasteiger partial charge in [0.15, 0.2) is 0 Å². The summed E-state index contributed by atoms with van der Waals surface area (Å²) in [7, 11) is 3.32. The number of carbonyl (C=O) groups is 4. The number of hydrogen-bond acceptors (Lipinski definition) is 10. The Kier molecular flexibility index (Phi) is 21.8. The minimum absolute atomic E-state index is 0.00813. The smallest absolute Gasteiger partial charge is 0.251 e. The predicted molar refractivity (Wildman–Crippen MR) is 218 cm³/mol. The Morgan fingerprint density at radius 3 is 2.20 bits per heavy atom. The highest BCUT2D eigenvalue weighted by Gasteiger charge is 2.30. The number of Topliss-reactive ketones (excluding diaryl/α,β-unsaturated/α-hetero) is 2. The van der Waals surface area contributed by atoms with Gasteiger partial charge in [-0.3, -0.25) is 19.2 Å². The number of rotatable bonds is 28. The molecule has 5 N–H and O–H groups in total. The zero-order chi connectivity index (χ0) is 39.0.